The maximum absolute atomic E-state index is 10.8. The Morgan fingerprint density at radius 2 is 2.00 bits per heavy atom. The maximum atomic E-state index is 10.8. The molecular formula is C17H24BrNO3. The zero-order valence-corrected chi connectivity index (χ0v) is 15.4. The number of carbonyl (C=O) groups is 1. The third kappa shape index (κ3) is 5.81. The molecule has 1 aromatic rings. The second-order valence-electron chi connectivity index (χ2n) is 6.45. The number of nitrogens with zero attached hydrogens (tertiary/aromatic N) is 1. The van der Waals surface area contributed by atoms with Gasteiger partial charge in [-0.1, -0.05) is 20.8 Å². The molecule has 122 valence electrons. The quantitative estimate of drug-likeness (QED) is 0.775. The summed E-state index contributed by atoms with van der Waals surface area (Å²) in [6, 6.07) is 4.01. The lowest BCUT2D eigenvalue weighted by Gasteiger charge is -2.22. The molecule has 22 heavy (non-hydrogen) atoms. The number of benzene rings is 1. The average molecular weight is 370 g/mol. The highest BCUT2D eigenvalue weighted by Crippen LogP contribution is 2.36. The number of carboxylic acid groups (broad SMARTS) is 1. The third-order valence-corrected chi connectivity index (χ3v) is 3.72. The Kier molecular flexibility index (Phi) is 6.63. The molecule has 0 bridgehead atoms. The van der Waals surface area contributed by atoms with Crippen LogP contribution in [0.25, 0.3) is 6.08 Å². The first-order valence-corrected chi connectivity index (χ1v) is 7.93. The van der Waals surface area contributed by atoms with E-state index in [9.17, 15) is 4.79 Å². The minimum Gasteiger partial charge on any atom is -0.490 e. The van der Waals surface area contributed by atoms with Gasteiger partial charge in [-0.05, 0) is 59.2 Å². The van der Waals surface area contributed by atoms with E-state index >= 15 is 0 Å². The van der Waals surface area contributed by atoms with Gasteiger partial charge in [-0.15, -0.1) is 0 Å². The second kappa shape index (κ2) is 7.79. The van der Waals surface area contributed by atoms with Crippen molar-refractivity contribution in [3.05, 3.63) is 33.8 Å². The van der Waals surface area contributed by atoms with Gasteiger partial charge < -0.3 is 14.7 Å². The van der Waals surface area contributed by atoms with Crippen LogP contribution in [0.5, 0.6) is 5.75 Å². The lowest BCUT2D eigenvalue weighted by atomic mass is 9.86. The van der Waals surface area contributed by atoms with Gasteiger partial charge in [0.25, 0.3) is 0 Å². The molecule has 4 nitrogen and oxygen atoms in total. The molecule has 0 saturated carbocycles. The molecule has 1 rings (SSSR count). The summed E-state index contributed by atoms with van der Waals surface area (Å²) in [5.74, 6) is -0.302. The van der Waals surface area contributed by atoms with Crippen molar-refractivity contribution in [1.29, 1.82) is 0 Å². The molecule has 0 spiro atoms. The van der Waals surface area contributed by atoms with Crippen LogP contribution < -0.4 is 4.74 Å². The molecule has 1 aromatic carbocycles. The van der Waals surface area contributed by atoms with Crippen LogP contribution in [0.15, 0.2) is 22.7 Å². The van der Waals surface area contributed by atoms with Crippen molar-refractivity contribution in [2.24, 2.45) is 0 Å². The van der Waals surface area contributed by atoms with E-state index in [0.29, 0.717) is 12.4 Å². The zero-order valence-electron chi connectivity index (χ0n) is 13.8. The summed E-state index contributed by atoms with van der Waals surface area (Å²) in [7, 11) is 3.96. The molecule has 0 saturated heterocycles. The second-order valence-corrected chi connectivity index (χ2v) is 7.30. The molecule has 0 amide bonds. The SMILES string of the molecule is CN(C)CCOc1c(Br)cc(C(C)(C)C)cc1/C=C/C(=O)O. The molecule has 0 aliphatic heterocycles. The van der Waals surface area contributed by atoms with Crippen LogP contribution in [0.3, 0.4) is 0 Å². The summed E-state index contributed by atoms with van der Waals surface area (Å²) in [4.78, 5) is 12.8. The summed E-state index contributed by atoms with van der Waals surface area (Å²) < 4.78 is 6.68. The molecule has 0 heterocycles. The molecule has 0 radical (unpaired) electrons. The van der Waals surface area contributed by atoms with E-state index in [1.807, 2.05) is 31.1 Å². The summed E-state index contributed by atoms with van der Waals surface area (Å²) in [6.45, 7) is 7.67. The largest absolute Gasteiger partial charge is 0.490 e. The van der Waals surface area contributed by atoms with Gasteiger partial charge in [0.05, 0.1) is 4.47 Å². The van der Waals surface area contributed by atoms with Crippen LogP contribution >= 0.6 is 15.9 Å². The fraction of sp³-hybridized carbons (Fsp3) is 0.471. The van der Waals surface area contributed by atoms with E-state index in [-0.39, 0.29) is 5.41 Å². The molecule has 1 N–H and O–H groups in total. The number of hydrogen-bond donors (Lipinski definition) is 1. The van der Waals surface area contributed by atoms with Gasteiger partial charge in [0, 0.05) is 18.2 Å². The number of rotatable bonds is 6. The summed E-state index contributed by atoms with van der Waals surface area (Å²) >= 11 is 3.54. The Balaban J connectivity index is 3.19. The van der Waals surface area contributed by atoms with Crippen molar-refractivity contribution < 1.29 is 14.6 Å². The predicted octanol–water partition coefficient (Wildman–Crippen LogP) is 3.78. The third-order valence-electron chi connectivity index (χ3n) is 3.13. The number of halogens is 1. The van der Waals surface area contributed by atoms with Crippen LogP contribution in [-0.2, 0) is 10.2 Å². The van der Waals surface area contributed by atoms with Gasteiger partial charge >= 0.3 is 5.97 Å². The van der Waals surface area contributed by atoms with Gasteiger partial charge in [-0.25, -0.2) is 4.79 Å². The highest BCUT2D eigenvalue weighted by molar-refractivity contribution is 9.10. The predicted molar refractivity (Wildman–Crippen MR) is 93.6 cm³/mol. The minimum atomic E-state index is -0.975. The summed E-state index contributed by atoms with van der Waals surface area (Å²) in [6.07, 6.45) is 2.71. The number of likely N-dealkylation sites (N-methyl/N-ethyl adjacent to an activating group) is 1. The summed E-state index contributed by atoms with van der Waals surface area (Å²) in [5.41, 5.74) is 1.85. The Bertz CT molecular complexity index is 560. The lowest BCUT2D eigenvalue weighted by Crippen LogP contribution is -2.20. The van der Waals surface area contributed by atoms with Crippen LogP contribution in [0.2, 0.25) is 0 Å². The zero-order chi connectivity index (χ0) is 16.9. The Hall–Kier alpha value is -1.33. The fourth-order valence-corrected chi connectivity index (χ4v) is 2.41. The van der Waals surface area contributed by atoms with Crippen molar-refractivity contribution in [3.8, 4) is 5.75 Å². The fourth-order valence-electron chi connectivity index (χ4n) is 1.82. The molecule has 0 unspecified atom stereocenters. The molecule has 0 aromatic heterocycles. The first-order valence-electron chi connectivity index (χ1n) is 7.14. The van der Waals surface area contributed by atoms with Crippen molar-refractivity contribution in [2.75, 3.05) is 27.2 Å². The van der Waals surface area contributed by atoms with Crippen LogP contribution in [-0.4, -0.2) is 43.2 Å². The number of ether oxygens (including phenoxy) is 1. The lowest BCUT2D eigenvalue weighted by molar-refractivity contribution is -0.131. The van der Waals surface area contributed by atoms with E-state index in [1.165, 1.54) is 0 Å². The molecular weight excluding hydrogens is 346 g/mol. The molecule has 0 aliphatic rings. The van der Waals surface area contributed by atoms with Gasteiger partial charge in [0.1, 0.15) is 12.4 Å². The topological polar surface area (TPSA) is 49.8 Å². The Morgan fingerprint density at radius 1 is 1.36 bits per heavy atom. The molecule has 0 fully saturated rings. The average Bonchev–Trinajstić information content (AvgIpc) is 2.36. The van der Waals surface area contributed by atoms with Crippen molar-refractivity contribution in [1.82, 2.24) is 4.90 Å². The van der Waals surface area contributed by atoms with E-state index in [1.54, 1.807) is 6.08 Å². The maximum Gasteiger partial charge on any atom is 0.328 e. The van der Waals surface area contributed by atoms with Crippen LogP contribution in [0.4, 0.5) is 0 Å². The van der Waals surface area contributed by atoms with Gasteiger partial charge in [-0.2, -0.15) is 0 Å². The van der Waals surface area contributed by atoms with Crippen molar-refractivity contribution >= 4 is 28.0 Å². The minimum absolute atomic E-state index is 0.0313. The molecule has 0 atom stereocenters. The highest BCUT2D eigenvalue weighted by Gasteiger charge is 2.18. The molecule has 0 aliphatic carbocycles. The van der Waals surface area contributed by atoms with Crippen LogP contribution in [0, 0.1) is 0 Å². The van der Waals surface area contributed by atoms with E-state index in [2.05, 4.69) is 36.7 Å². The molecule has 5 heteroatoms. The standard InChI is InChI=1S/C17H24BrNO3/c1-17(2,3)13-10-12(6-7-15(20)21)16(14(18)11-13)22-9-8-19(4)5/h6-7,10-11H,8-9H2,1-5H3,(H,20,21)/b7-6+. The Labute approximate surface area is 140 Å². The Morgan fingerprint density at radius 3 is 2.50 bits per heavy atom. The smallest absolute Gasteiger partial charge is 0.328 e. The highest BCUT2D eigenvalue weighted by atomic mass is 79.9. The van der Waals surface area contributed by atoms with Gasteiger partial charge in [0.2, 0.25) is 0 Å². The normalized spacial score (nSPS) is 12.1. The summed E-state index contributed by atoms with van der Waals surface area (Å²) in [5, 5.41) is 8.87. The van der Waals surface area contributed by atoms with Gasteiger partial charge in [-0.3, -0.25) is 0 Å². The van der Waals surface area contributed by atoms with E-state index < -0.39 is 5.97 Å². The monoisotopic (exact) mass is 369 g/mol. The van der Waals surface area contributed by atoms with E-state index in [0.717, 1.165) is 28.2 Å². The first-order chi connectivity index (χ1) is 10.1. The van der Waals surface area contributed by atoms with Gasteiger partial charge in [0.15, 0.2) is 0 Å². The number of carboxylic acids is 1. The number of hydrogen-bond acceptors (Lipinski definition) is 3. The number of aliphatic carboxylic acids is 1. The van der Waals surface area contributed by atoms with Crippen LogP contribution in [0.1, 0.15) is 31.9 Å². The van der Waals surface area contributed by atoms with E-state index in [4.69, 9.17) is 9.84 Å². The first kappa shape index (κ1) is 18.7. The van der Waals surface area contributed by atoms with Crippen molar-refractivity contribution in [2.45, 2.75) is 26.2 Å². The van der Waals surface area contributed by atoms with Crippen molar-refractivity contribution in [3.63, 3.8) is 0 Å².